The predicted octanol–water partition coefficient (Wildman–Crippen LogP) is 1.91. The summed E-state index contributed by atoms with van der Waals surface area (Å²) in [7, 11) is -3.64. The highest BCUT2D eigenvalue weighted by atomic mass is 35.5. The number of primary amides is 1. The summed E-state index contributed by atoms with van der Waals surface area (Å²) in [5.41, 5.74) is 7.52. The van der Waals surface area contributed by atoms with Gasteiger partial charge in [0.15, 0.2) is 0 Å². The lowest BCUT2D eigenvalue weighted by atomic mass is 10.1. The lowest BCUT2D eigenvalue weighted by molar-refractivity contribution is 0.100. The average Bonchev–Trinajstić information content (AvgIpc) is 3.16. The van der Waals surface area contributed by atoms with Gasteiger partial charge in [0.05, 0.1) is 9.77 Å². The van der Waals surface area contributed by atoms with Crippen molar-refractivity contribution in [2.24, 2.45) is 5.73 Å². The number of benzene rings is 1. The third kappa shape index (κ3) is 5.03. The van der Waals surface area contributed by atoms with Crippen LogP contribution in [0.15, 0.2) is 34.5 Å². The molecule has 3 N–H and O–H groups in total. The fraction of sp³-hybridized carbons (Fsp3) is 0.389. The number of carbonyl (C=O) groups excluding carboxylic acids is 1. The van der Waals surface area contributed by atoms with E-state index in [0.717, 1.165) is 48.2 Å². The van der Waals surface area contributed by atoms with Gasteiger partial charge in [-0.15, -0.1) is 11.3 Å². The van der Waals surface area contributed by atoms with E-state index in [-0.39, 0.29) is 9.77 Å². The van der Waals surface area contributed by atoms with E-state index >= 15 is 0 Å². The third-order valence-electron chi connectivity index (χ3n) is 4.73. The molecular weight excluding hydrogens is 420 g/mol. The molecule has 0 atom stereocenters. The van der Waals surface area contributed by atoms with Crippen molar-refractivity contribution in [3.63, 3.8) is 0 Å². The Bertz CT molecular complexity index is 953. The second kappa shape index (κ2) is 8.79. The van der Waals surface area contributed by atoms with Crippen LogP contribution in [0.2, 0.25) is 5.02 Å². The van der Waals surface area contributed by atoms with Crippen LogP contribution in [0.4, 0.5) is 5.69 Å². The smallest absolute Gasteiger partial charge is 0.258 e. The first-order valence-electron chi connectivity index (χ1n) is 8.88. The Balaban J connectivity index is 1.49. The summed E-state index contributed by atoms with van der Waals surface area (Å²) in [6, 6.07) is 7.21. The highest BCUT2D eigenvalue weighted by molar-refractivity contribution is 7.89. The summed E-state index contributed by atoms with van der Waals surface area (Å²) >= 11 is 7.15. The number of anilines is 1. The Morgan fingerprint density at radius 3 is 2.61 bits per heavy atom. The van der Waals surface area contributed by atoms with Crippen LogP contribution in [0.3, 0.4) is 0 Å². The first-order chi connectivity index (χ1) is 13.3. The van der Waals surface area contributed by atoms with Gasteiger partial charge in [-0.05, 0) is 30.7 Å². The van der Waals surface area contributed by atoms with Crippen LogP contribution >= 0.6 is 22.9 Å². The number of nitrogens with two attached hydrogens (primary N) is 1. The number of hydrogen-bond acceptors (Lipinski definition) is 6. The van der Waals surface area contributed by atoms with Crippen LogP contribution in [0.1, 0.15) is 15.2 Å². The standard InChI is InChI=1S/C18H23ClN4O3S2/c1-13-2-3-14(19)10-16(13)23-8-6-22(7-9-23)5-4-21-28(25,26)15-11-17(18(20)24)27-12-15/h2-3,10-12,21H,4-9H2,1H3,(H2,20,24). The monoisotopic (exact) mass is 442 g/mol. The van der Waals surface area contributed by atoms with Crippen molar-refractivity contribution >= 4 is 44.6 Å². The van der Waals surface area contributed by atoms with Gasteiger partial charge in [-0.1, -0.05) is 17.7 Å². The molecule has 0 aliphatic carbocycles. The third-order valence-corrected chi connectivity index (χ3v) is 7.50. The van der Waals surface area contributed by atoms with Gasteiger partial charge in [-0.25, -0.2) is 13.1 Å². The number of aryl methyl sites for hydroxylation is 1. The van der Waals surface area contributed by atoms with Crippen molar-refractivity contribution in [2.75, 3.05) is 44.2 Å². The molecule has 2 heterocycles. The number of piperazine rings is 1. The van der Waals surface area contributed by atoms with Crippen LogP contribution in [-0.4, -0.2) is 58.5 Å². The minimum absolute atomic E-state index is 0.0764. The number of rotatable bonds is 7. The second-order valence-corrected chi connectivity index (χ2v) is 9.78. The molecule has 0 unspecified atom stereocenters. The molecule has 3 rings (SSSR count). The minimum Gasteiger partial charge on any atom is -0.369 e. The highest BCUT2D eigenvalue weighted by Crippen LogP contribution is 2.25. The van der Waals surface area contributed by atoms with E-state index < -0.39 is 15.9 Å². The Morgan fingerprint density at radius 2 is 1.96 bits per heavy atom. The minimum atomic E-state index is -3.64. The number of thiophene rings is 1. The summed E-state index contributed by atoms with van der Waals surface area (Å²) in [6.07, 6.45) is 0. The molecule has 152 valence electrons. The molecule has 0 radical (unpaired) electrons. The van der Waals surface area contributed by atoms with E-state index in [0.29, 0.717) is 13.1 Å². The highest BCUT2D eigenvalue weighted by Gasteiger charge is 2.21. The van der Waals surface area contributed by atoms with Crippen LogP contribution in [-0.2, 0) is 10.0 Å². The SMILES string of the molecule is Cc1ccc(Cl)cc1N1CCN(CCNS(=O)(=O)c2csc(C(N)=O)c2)CC1. The Hall–Kier alpha value is -1.65. The topological polar surface area (TPSA) is 95.7 Å². The van der Waals surface area contributed by atoms with E-state index in [2.05, 4.69) is 21.4 Å². The molecule has 10 heteroatoms. The Labute approximate surface area is 174 Å². The Morgan fingerprint density at radius 1 is 1.25 bits per heavy atom. The largest absolute Gasteiger partial charge is 0.369 e. The lowest BCUT2D eigenvalue weighted by Gasteiger charge is -2.36. The van der Waals surface area contributed by atoms with Gasteiger partial charge in [0, 0.05) is 55.4 Å². The van der Waals surface area contributed by atoms with Gasteiger partial charge in [0.2, 0.25) is 10.0 Å². The van der Waals surface area contributed by atoms with Gasteiger partial charge in [0.1, 0.15) is 0 Å². The average molecular weight is 443 g/mol. The van der Waals surface area contributed by atoms with E-state index in [9.17, 15) is 13.2 Å². The van der Waals surface area contributed by atoms with Crippen LogP contribution in [0.25, 0.3) is 0 Å². The van der Waals surface area contributed by atoms with Gasteiger partial charge in [-0.3, -0.25) is 9.69 Å². The zero-order valence-electron chi connectivity index (χ0n) is 15.5. The van der Waals surface area contributed by atoms with Gasteiger partial charge in [0.25, 0.3) is 5.91 Å². The van der Waals surface area contributed by atoms with Crippen molar-refractivity contribution in [2.45, 2.75) is 11.8 Å². The van der Waals surface area contributed by atoms with Gasteiger partial charge >= 0.3 is 0 Å². The summed E-state index contributed by atoms with van der Waals surface area (Å²) in [6.45, 7) is 6.41. The Kier molecular flexibility index (Phi) is 6.61. The lowest BCUT2D eigenvalue weighted by Crippen LogP contribution is -2.48. The molecule has 1 aliphatic heterocycles. The van der Waals surface area contributed by atoms with Gasteiger partial charge in [-0.2, -0.15) is 0 Å². The molecule has 28 heavy (non-hydrogen) atoms. The molecular formula is C18H23ClN4O3S2. The zero-order valence-corrected chi connectivity index (χ0v) is 17.9. The molecule has 1 aliphatic rings. The van der Waals surface area contributed by atoms with Crippen molar-refractivity contribution in [1.29, 1.82) is 0 Å². The molecule has 0 spiro atoms. The molecule has 1 fully saturated rings. The van der Waals surface area contributed by atoms with E-state index in [1.54, 1.807) is 0 Å². The maximum absolute atomic E-state index is 12.3. The normalized spacial score (nSPS) is 15.7. The summed E-state index contributed by atoms with van der Waals surface area (Å²) in [5, 5.41) is 2.15. The number of halogens is 1. The molecule has 1 aromatic carbocycles. The predicted molar refractivity (Wildman–Crippen MR) is 113 cm³/mol. The second-order valence-electron chi connectivity index (χ2n) is 6.67. The molecule has 1 amide bonds. The zero-order chi connectivity index (χ0) is 20.3. The van der Waals surface area contributed by atoms with Crippen molar-refractivity contribution in [1.82, 2.24) is 9.62 Å². The van der Waals surface area contributed by atoms with Crippen molar-refractivity contribution in [3.8, 4) is 0 Å². The van der Waals surface area contributed by atoms with E-state index in [1.807, 2.05) is 18.2 Å². The number of nitrogens with zero attached hydrogens (tertiary/aromatic N) is 2. The van der Waals surface area contributed by atoms with Crippen molar-refractivity contribution < 1.29 is 13.2 Å². The molecule has 2 aromatic rings. The van der Waals surface area contributed by atoms with Gasteiger partial charge < -0.3 is 10.6 Å². The fourth-order valence-electron chi connectivity index (χ4n) is 3.15. The molecule has 7 nitrogen and oxygen atoms in total. The first kappa shape index (κ1) is 21.1. The molecule has 0 bridgehead atoms. The molecule has 0 saturated carbocycles. The number of hydrogen-bond donors (Lipinski definition) is 2. The van der Waals surface area contributed by atoms with Crippen molar-refractivity contribution in [3.05, 3.63) is 45.1 Å². The van der Waals surface area contributed by atoms with Crippen LogP contribution in [0.5, 0.6) is 0 Å². The fourth-order valence-corrected chi connectivity index (χ4v) is 5.46. The number of sulfonamides is 1. The maximum atomic E-state index is 12.3. The molecule has 1 saturated heterocycles. The van der Waals surface area contributed by atoms with Crippen LogP contribution < -0.4 is 15.4 Å². The van der Waals surface area contributed by atoms with Crippen LogP contribution in [0, 0.1) is 6.92 Å². The maximum Gasteiger partial charge on any atom is 0.258 e. The number of nitrogens with one attached hydrogen (secondary N) is 1. The summed E-state index contributed by atoms with van der Waals surface area (Å²) in [4.78, 5) is 16.0. The summed E-state index contributed by atoms with van der Waals surface area (Å²) < 4.78 is 27.2. The number of amides is 1. The quantitative estimate of drug-likeness (QED) is 0.682. The first-order valence-corrected chi connectivity index (χ1v) is 11.6. The van der Waals surface area contributed by atoms with E-state index in [1.165, 1.54) is 17.0 Å². The molecule has 1 aromatic heterocycles. The van der Waals surface area contributed by atoms with E-state index in [4.69, 9.17) is 17.3 Å². The summed E-state index contributed by atoms with van der Waals surface area (Å²) in [5.74, 6) is -0.626. The number of carbonyl (C=O) groups is 1.